The van der Waals surface area contributed by atoms with Crippen molar-refractivity contribution in [2.45, 2.75) is 0 Å². The Morgan fingerprint density at radius 1 is 0.383 bits per heavy atom. The molecule has 3 aromatic heterocycles. The second-order valence-electron chi connectivity index (χ2n) is 16.7. The molecule has 3 heterocycles. The predicted molar refractivity (Wildman–Crippen MR) is 285 cm³/mol. The number of benzene rings is 7. The zero-order valence-corrected chi connectivity index (χ0v) is 36.1. The highest BCUT2D eigenvalue weighted by Crippen LogP contribution is 2.43. The molecule has 274 valence electrons. The lowest BCUT2D eigenvalue weighted by molar-refractivity contribution is 0.669. The highest BCUT2D eigenvalue weighted by Gasteiger charge is 2.24. The van der Waals surface area contributed by atoms with Crippen LogP contribution in [0.2, 0.25) is 0 Å². The van der Waals surface area contributed by atoms with E-state index in [0.29, 0.717) is 17.5 Å². The van der Waals surface area contributed by atoms with E-state index in [1.807, 2.05) is 0 Å². The second kappa shape index (κ2) is 14.2. The zero-order valence-electron chi connectivity index (χ0n) is 36.1. The summed E-state index contributed by atoms with van der Waals surface area (Å²) in [5, 5.41) is 4.45. The summed E-state index contributed by atoms with van der Waals surface area (Å²) in [6, 6.07) is 38.8. The van der Waals surface area contributed by atoms with Gasteiger partial charge in [-0.2, -0.15) is 0 Å². The lowest BCUT2D eigenvalue weighted by Gasteiger charge is -2.22. The van der Waals surface area contributed by atoms with E-state index in [1.54, 1.807) is 0 Å². The topological polar surface area (TPSA) is 56.7 Å². The SMILES string of the molecule is Bc1c(B)c(B)c(-c2nc(-c3c(B)c(B)c(B)c(B)c3B)nc(-c3cccc4oc5cccc(-c6ccc7c(c6)c6ccccc6n7-c6ccccc6)c5c34)n2)c(B)c1B. The molecule has 0 spiro atoms. The van der Waals surface area contributed by atoms with Gasteiger partial charge in [-0.3, -0.25) is 0 Å². The van der Waals surface area contributed by atoms with Gasteiger partial charge in [0.1, 0.15) is 89.6 Å². The van der Waals surface area contributed by atoms with E-state index < -0.39 is 0 Å². The van der Waals surface area contributed by atoms with E-state index in [2.05, 4.69) is 192 Å². The molecule has 0 N–H and O–H groups in total. The molecule has 0 bridgehead atoms. The normalized spacial score (nSPS) is 11.7. The van der Waals surface area contributed by atoms with Crippen LogP contribution in [-0.4, -0.2) is 98.0 Å². The molecule has 10 aromatic rings. The molecule has 5 nitrogen and oxygen atoms in total. The number of nitrogens with zero attached hydrogens (tertiary/aromatic N) is 4. The van der Waals surface area contributed by atoms with E-state index in [4.69, 9.17) is 19.4 Å². The summed E-state index contributed by atoms with van der Waals surface area (Å²) in [4.78, 5) is 16.3. The maximum absolute atomic E-state index is 6.72. The van der Waals surface area contributed by atoms with Crippen molar-refractivity contribution in [2.24, 2.45) is 0 Å². The fraction of sp³-hybridized carbons (Fsp3) is 0. The van der Waals surface area contributed by atoms with Crippen LogP contribution in [0.3, 0.4) is 0 Å². The van der Waals surface area contributed by atoms with Crippen LogP contribution in [0.25, 0.3) is 94.7 Å². The van der Waals surface area contributed by atoms with Gasteiger partial charge in [-0.1, -0.05) is 88.6 Å². The first kappa shape index (κ1) is 38.0. The van der Waals surface area contributed by atoms with Gasteiger partial charge in [-0.25, -0.2) is 15.0 Å². The molecule has 7 aromatic carbocycles. The van der Waals surface area contributed by atoms with Gasteiger partial charge in [-0.05, 0) is 53.6 Å². The summed E-state index contributed by atoms with van der Waals surface area (Å²) in [6.45, 7) is 0. The van der Waals surface area contributed by atoms with Crippen LogP contribution in [0.4, 0.5) is 0 Å². The monoisotopic (exact) mass is 760 g/mol. The van der Waals surface area contributed by atoms with Crippen LogP contribution < -0.4 is 54.6 Å². The Hall–Kier alpha value is -6.20. The minimum absolute atomic E-state index is 0.629. The highest BCUT2D eigenvalue weighted by molar-refractivity contribution is 6.70. The number of rotatable bonds is 5. The Labute approximate surface area is 359 Å². The fourth-order valence-electron chi connectivity index (χ4n) is 9.68. The molecule has 0 saturated heterocycles. The molecule has 0 atom stereocenters. The Kier molecular flexibility index (Phi) is 9.02. The quantitative estimate of drug-likeness (QED) is 0.165. The minimum atomic E-state index is 0.629. The summed E-state index contributed by atoms with van der Waals surface area (Å²) in [6.07, 6.45) is 0. The van der Waals surface area contributed by atoms with Crippen molar-refractivity contribution in [1.29, 1.82) is 0 Å². The van der Waals surface area contributed by atoms with Crippen LogP contribution in [0, 0.1) is 0 Å². The van der Waals surface area contributed by atoms with Gasteiger partial charge in [0.2, 0.25) is 0 Å². The predicted octanol–water partition coefficient (Wildman–Crippen LogP) is -5.88. The van der Waals surface area contributed by atoms with Crippen molar-refractivity contribution in [3.05, 3.63) is 109 Å². The van der Waals surface area contributed by atoms with Gasteiger partial charge in [0, 0.05) is 43.9 Å². The molecular weight excluding hydrogens is 721 g/mol. The molecule has 0 radical (unpaired) electrons. The summed E-state index contributed by atoms with van der Waals surface area (Å²) >= 11 is 0. The summed E-state index contributed by atoms with van der Waals surface area (Å²) in [7, 11) is 22.1. The maximum Gasteiger partial charge on any atom is 0.164 e. The maximum atomic E-state index is 6.72. The summed E-state index contributed by atoms with van der Waals surface area (Å²) in [5.41, 5.74) is 22.9. The third kappa shape index (κ3) is 5.65. The zero-order chi connectivity index (χ0) is 41.7. The molecule has 15 heteroatoms. The van der Waals surface area contributed by atoms with E-state index in [9.17, 15) is 0 Å². The van der Waals surface area contributed by atoms with Gasteiger partial charge in [0.05, 0.1) is 11.0 Å². The molecule has 0 unspecified atom stereocenters. The van der Waals surface area contributed by atoms with E-state index in [-0.39, 0.29) is 0 Å². The van der Waals surface area contributed by atoms with Crippen LogP contribution in [0.5, 0.6) is 0 Å². The van der Waals surface area contributed by atoms with Gasteiger partial charge >= 0.3 is 0 Å². The molecule has 60 heavy (non-hydrogen) atoms. The van der Waals surface area contributed by atoms with Gasteiger partial charge in [0.25, 0.3) is 0 Å². The fourth-order valence-corrected chi connectivity index (χ4v) is 9.68. The number of hydrogen-bond acceptors (Lipinski definition) is 4. The van der Waals surface area contributed by atoms with Gasteiger partial charge in [0.15, 0.2) is 17.5 Å². The van der Waals surface area contributed by atoms with E-state index in [1.165, 1.54) is 76.4 Å². The first-order chi connectivity index (χ1) is 28.9. The summed E-state index contributed by atoms with van der Waals surface area (Å²) < 4.78 is 9.07. The summed E-state index contributed by atoms with van der Waals surface area (Å²) in [5.74, 6) is 2.01. The largest absolute Gasteiger partial charge is 0.456 e. The van der Waals surface area contributed by atoms with E-state index >= 15 is 0 Å². The molecule has 0 aliphatic heterocycles. The second-order valence-corrected chi connectivity index (χ2v) is 16.7. The standard InChI is InChI=1S/C45H38B10N4O/c46-33-31(34(47)38(51)41(54)37(33)50)44-56-43(57-45(58-44)32-35(48)39(52)42(55)40(53)36(32)49)23-12-7-15-28-30(23)29-21(11-6-14-27(29)60-28)19-16-17-26-24(18-19)22-10-4-5-13-25(22)59(26)20-8-2-1-3-9-20/h1-18H,46-55H2. The molecule has 0 saturated carbocycles. The number of aromatic nitrogens is 4. The average Bonchev–Trinajstić information content (AvgIpc) is 3.82. The third-order valence-electron chi connectivity index (χ3n) is 13.8. The van der Waals surface area contributed by atoms with Crippen molar-refractivity contribution in [2.75, 3.05) is 0 Å². The van der Waals surface area contributed by atoms with Gasteiger partial charge < -0.3 is 8.98 Å². The van der Waals surface area contributed by atoms with Crippen LogP contribution in [0.1, 0.15) is 0 Å². The van der Waals surface area contributed by atoms with Crippen molar-refractivity contribution in [3.8, 4) is 51.0 Å². The molecule has 0 aliphatic carbocycles. The number of hydrogen-bond donors (Lipinski definition) is 0. The van der Waals surface area contributed by atoms with Gasteiger partial charge in [-0.15, -0.1) is 32.8 Å². The Morgan fingerprint density at radius 2 is 0.850 bits per heavy atom. The van der Waals surface area contributed by atoms with Crippen molar-refractivity contribution in [3.63, 3.8) is 0 Å². The Bertz CT molecular complexity index is 3310. The first-order valence-electron chi connectivity index (χ1n) is 20.9. The van der Waals surface area contributed by atoms with Crippen LogP contribution >= 0.6 is 0 Å². The average molecular weight is 759 g/mol. The van der Waals surface area contributed by atoms with Crippen molar-refractivity contribution < 1.29 is 4.42 Å². The van der Waals surface area contributed by atoms with Crippen LogP contribution in [0.15, 0.2) is 114 Å². The Morgan fingerprint density at radius 3 is 1.43 bits per heavy atom. The lowest BCUT2D eigenvalue weighted by Crippen LogP contribution is -2.55. The lowest BCUT2D eigenvalue weighted by atomic mass is 9.60. The van der Waals surface area contributed by atoms with Crippen LogP contribution in [-0.2, 0) is 0 Å². The number of para-hydroxylation sites is 2. The van der Waals surface area contributed by atoms with E-state index in [0.717, 1.165) is 55.4 Å². The molecule has 0 fully saturated rings. The number of fused-ring (bicyclic) bond motifs is 6. The van der Waals surface area contributed by atoms with Crippen molar-refractivity contribution >= 4 is 177 Å². The Balaban J connectivity index is 1.26. The first-order valence-corrected chi connectivity index (χ1v) is 20.9. The molecular formula is C45H38B10N4O. The minimum Gasteiger partial charge on any atom is -0.456 e. The highest BCUT2D eigenvalue weighted by atomic mass is 16.3. The smallest absolute Gasteiger partial charge is 0.164 e. The number of furan rings is 1. The molecule has 0 amide bonds. The third-order valence-corrected chi connectivity index (χ3v) is 13.8. The molecule has 0 aliphatic rings. The molecule has 10 rings (SSSR count). The van der Waals surface area contributed by atoms with Crippen molar-refractivity contribution in [1.82, 2.24) is 19.5 Å².